The summed E-state index contributed by atoms with van der Waals surface area (Å²) < 4.78 is 11.5. The van der Waals surface area contributed by atoms with Gasteiger partial charge in [-0.15, -0.1) is 6.58 Å². The summed E-state index contributed by atoms with van der Waals surface area (Å²) in [7, 11) is 1.60. The number of benzene rings is 3. The molecule has 0 N–H and O–H groups in total. The summed E-state index contributed by atoms with van der Waals surface area (Å²) in [6.45, 7) is 7.76. The van der Waals surface area contributed by atoms with Gasteiger partial charge in [-0.05, 0) is 43.2 Å². The number of hydrogen-bond donors (Lipinski definition) is 0. The molecule has 0 radical (unpaired) electrons. The fourth-order valence-corrected chi connectivity index (χ4v) is 3.26. The molecule has 0 saturated heterocycles. The summed E-state index contributed by atoms with van der Waals surface area (Å²) >= 11 is 0. The molecule has 3 aromatic carbocycles. The Morgan fingerprint density at radius 3 is 2.48 bits per heavy atom. The Morgan fingerprint density at radius 1 is 1.04 bits per heavy atom. The van der Waals surface area contributed by atoms with Gasteiger partial charge in [0.25, 0.3) is 0 Å². The van der Waals surface area contributed by atoms with Gasteiger partial charge in [0.05, 0.1) is 13.2 Å². The third kappa shape index (κ3) is 3.72. The minimum absolute atomic E-state index is 0.0279. The van der Waals surface area contributed by atoms with Crippen LogP contribution in [0.3, 0.4) is 0 Å². The Hall–Kier alpha value is -3.07. The van der Waals surface area contributed by atoms with Crippen LogP contribution in [0.1, 0.15) is 35.3 Å². The number of ether oxygens (including phenoxy) is 2. The van der Waals surface area contributed by atoms with Crippen molar-refractivity contribution in [1.82, 2.24) is 0 Å². The highest BCUT2D eigenvalue weighted by atomic mass is 16.5. The molecule has 0 amide bonds. The van der Waals surface area contributed by atoms with Crippen LogP contribution in [0.5, 0.6) is 11.5 Å². The number of carbonyl (C=O) groups is 1. The predicted octanol–water partition coefficient (Wildman–Crippen LogP) is 5.60. The molecule has 0 aliphatic rings. The van der Waals surface area contributed by atoms with Gasteiger partial charge in [-0.25, -0.2) is 0 Å². The lowest BCUT2D eigenvalue weighted by molar-refractivity contribution is 0.103. The summed E-state index contributed by atoms with van der Waals surface area (Å²) in [5.74, 6) is 1.20. The lowest BCUT2D eigenvalue weighted by Crippen LogP contribution is -2.13. The number of hydrogen-bond acceptors (Lipinski definition) is 3. The first kappa shape index (κ1) is 18.7. The zero-order valence-electron chi connectivity index (χ0n) is 16.0. The van der Waals surface area contributed by atoms with Gasteiger partial charge in [0, 0.05) is 16.7 Å². The molecule has 0 saturated carbocycles. The van der Waals surface area contributed by atoms with Gasteiger partial charge in [0.15, 0.2) is 17.3 Å². The molecule has 0 unspecified atom stereocenters. The van der Waals surface area contributed by atoms with E-state index < -0.39 is 0 Å². The van der Waals surface area contributed by atoms with Crippen molar-refractivity contribution in [3.63, 3.8) is 0 Å². The van der Waals surface area contributed by atoms with Gasteiger partial charge < -0.3 is 9.47 Å². The topological polar surface area (TPSA) is 35.5 Å². The van der Waals surface area contributed by atoms with Crippen LogP contribution in [-0.2, 0) is 6.42 Å². The van der Waals surface area contributed by atoms with E-state index in [-0.39, 0.29) is 11.9 Å². The highest BCUT2D eigenvalue weighted by Crippen LogP contribution is 2.36. The third-order valence-electron chi connectivity index (χ3n) is 4.43. The summed E-state index contributed by atoms with van der Waals surface area (Å²) in [6, 6.07) is 17.3. The molecule has 0 aliphatic heterocycles. The Morgan fingerprint density at radius 2 is 1.78 bits per heavy atom. The van der Waals surface area contributed by atoms with Crippen LogP contribution in [0.25, 0.3) is 10.8 Å². The van der Waals surface area contributed by atoms with Crippen LogP contribution >= 0.6 is 0 Å². The van der Waals surface area contributed by atoms with E-state index >= 15 is 0 Å². The number of methoxy groups -OCH3 is 1. The van der Waals surface area contributed by atoms with Crippen LogP contribution in [0.4, 0.5) is 0 Å². The van der Waals surface area contributed by atoms with Crippen LogP contribution in [0.15, 0.2) is 67.3 Å². The van der Waals surface area contributed by atoms with Crippen molar-refractivity contribution in [3.05, 3.63) is 83.9 Å². The molecule has 0 bridgehead atoms. The van der Waals surface area contributed by atoms with E-state index in [4.69, 9.17) is 9.47 Å². The summed E-state index contributed by atoms with van der Waals surface area (Å²) in [5, 5.41) is 1.98. The van der Waals surface area contributed by atoms with E-state index in [0.29, 0.717) is 29.0 Å². The fraction of sp³-hybridized carbons (Fsp3) is 0.208. The SMILES string of the molecule is C=CCc1c(C(=O)c2cccc3ccccc23)ccc(OC)c1OC(C)C. The highest BCUT2D eigenvalue weighted by molar-refractivity contribution is 6.17. The zero-order valence-corrected chi connectivity index (χ0v) is 16.0. The standard InChI is InChI=1S/C24H24O3/c1-5-9-21-20(14-15-22(26-4)24(21)27-16(2)3)23(25)19-13-8-11-17-10-6-7-12-18(17)19/h5-8,10-16H,1,9H2,2-4H3. The third-order valence-corrected chi connectivity index (χ3v) is 4.43. The quantitative estimate of drug-likeness (QED) is 0.407. The normalized spacial score (nSPS) is 10.8. The maximum absolute atomic E-state index is 13.5. The minimum atomic E-state index is -0.0367. The molecule has 27 heavy (non-hydrogen) atoms. The van der Waals surface area contributed by atoms with Crippen LogP contribution in [0, 0.1) is 0 Å². The van der Waals surface area contributed by atoms with Crippen molar-refractivity contribution < 1.29 is 14.3 Å². The maximum Gasteiger partial charge on any atom is 0.194 e. The average molecular weight is 360 g/mol. The van der Waals surface area contributed by atoms with E-state index in [1.165, 1.54) is 0 Å². The Labute approximate surface area is 160 Å². The highest BCUT2D eigenvalue weighted by Gasteiger charge is 2.22. The molecule has 3 heteroatoms. The Balaban J connectivity index is 2.20. The van der Waals surface area contributed by atoms with Crippen molar-refractivity contribution in [2.75, 3.05) is 7.11 Å². The van der Waals surface area contributed by atoms with Crippen molar-refractivity contribution in [1.29, 1.82) is 0 Å². The van der Waals surface area contributed by atoms with Crippen LogP contribution in [-0.4, -0.2) is 19.0 Å². The summed E-state index contributed by atoms with van der Waals surface area (Å²) in [6.07, 6.45) is 2.26. The second-order valence-electron chi connectivity index (χ2n) is 6.64. The average Bonchev–Trinajstić information content (AvgIpc) is 2.68. The maximum atomic E-state index is 13.5. The number of carbonyl (C=O) groups excluding carboxylic acids is 1. The van der Waals surface area contributed by atoms with Crippen molar-refractivity contribution in [2.45, 2.75) is 26.4 Å². The molecule has 3 rings (SSSR count). The van der Waals surface area contributed by atoms with E-state index in [9.17, 15) is 4.79 Å². The second kappa shape index (κ2) is 8.09. The van der Waals surface area contributed by atoms with Gasteiger partial charge in [0.1, 0.15) is 0 Å². The van der Waals surface area contributed by atoms with Crippen molar-refractivity contribution in [3.8, 4) is 11.5 Å². The molecule has 3 aromatic rings. The first-order chi connectivity index (χ1) is 13.1. The lowest BCUT2D eigenvalue weighted by Gasteiger charge is -2.19. The molecule has 138 valence electrons. The number of allylic oxidation sites excluding steroid dienone is 1. The predicted molar refractivity (Wildman–Crippen MR) is 110 cm³/mol. The molecule has 0 aliphatic carbocycles. The van der Waals surface area contributed by atoms with Gasteiger partial charge in [-0.1, -0.05) is 48.5 Å². The zero-order chi connectivity index (χ0) is 19.4. The van der Waals surface area contributed by atoms with Gasteiger partial charge in [-0.3, -0.25) is 4.79 Å². The molecular weight excluding hydrogens is 336 g/mol. The summed E-state index contributed by atoms with van der Waals surface area (Å²) in [5.41, 5.74) is 2.10. The van der Waals surface area contributed by atoms with Crippen LogP contribution < -0.4 is 9.47 Å². The van der Waals surface area contributed by atoms with Gasteiger partial charge in [0.2, 0.25) is 0 Å². The van der Waals surface area contributed by atoms with E-state index in [1.54, 1.807) is 19.3 Å². The fourth-order valence-electron chi connectivity index (χ4n) is 3.26. The van der Waals surface area contributed by atoms with Crippen LogP contribution in [0.2, 0.25) is 0 Å². The minimum Gasteiger partial charge on any atom is -0.493 e. The summed E-state index contributed by atoms with van der Waals surface area (Å²) in [4.78, 5) is 13.5. The molecule has 0 spiro atoms. The molecule has 0 atom stereocenters. The monoisotopic (exact) mass is 360 g/mol. The van der Waals surface area contributed by atoms with E-state index in [0.717, 1.165) is 16.3 Å². The van der Waals surface area contributed by atoms with Gasteiger partial charge >= 0.3 is 0 Å². The second-order valence-corrected chi connectivity index (χ2v) is 6.64. The lowest BCUT2D eigenvalue weighted by atomic mass is 9.92. The number of ketones is 1. The molecule has 0 heterocycles. The van der Waals surface area contributed by atoms with E-state index in [1.807, 2.05) is 62.4 Å². The Bertz CT molecular complexity index is 981. The number of rotatable bonds is 7. The van der Waals surface area contributed by atoms with E-state index in [2.05, 4.69) is 6.58 Å². The molecule has 0 aromatic heterocycles. The van der Waals surface area contributed by atoms with Crippen molar-refractivity contribution in [2.24, 2.45) is 0 Å². The number of fused-ring (bicyclic) bond motifs is 1. The van der Waals surface area contributed by atoms with Crippen molar-refractivity contribution >= 4 is 16.6 Å². The first-order valence-electron chi connectivity index (χ1n) is 9.06. The largest absolute Gasteiger partial charge is 0.493 e. The smallest absolute Gasteiger partial charge is 0.194 e. The first-order valence-corrected chi connectivity index (χ1v) is 9.06. The molecule has 3 nitrogen and oxygen atoms in total. The molecular formula is C24H24O3. The van der Waals surface area contributed by atoms with Gasteiger partial charge in [-0.2, -0.15) is 0 Å². The Kier molecular flexibility index (Phi) is 5.60. The molecule has 0 fully saturated rings.